The van der Waals surface area contributed by atoms with Crippen molar-refractivity contribution in [2.45, 2.75) is 19.4 Å². The van der Waals surface area contributed by atoms with E-state index in [1.807, 2.05) is 24.6 Å². The lowest BCUT2D eigenvalue weighted by Gasteiger charge is -2.18. The molecule has 0 saturated heterocycles. The second kappa shape index (κ2) is 5.88. The van der Waals surface area contributed by atoms with Gasteiger partial charge in [-0.05, 0) is 48.4 Å². The highest BCUT2D eigenvalue weighted by molar-refractivity contribution is 5.79. The predicted molar refractivity (Wildman–Crippen MR) is 80.6 cm³/mol. The van der Waals surface area contributed by atoms with E-state index in [4.69, 9.17) is 4.42 Å². The number of rotatable bonds is 5. The van der Waals surface area contributed by atoms with Gasteiger partial charge in [-0.1, -0.05) is 19.1 Å². The van der Waals surface area contributed by atoms with Gasteiger partial charge in [0, 0.05) is 17.6 Å². The minimum Gasteiger partial charge on any atom is -0.472 e. The van der Waals surface area contributed by atoms with E-state index in [1.165, 1.54) is 16.5 Å². The van der Waals surface area contributed by atoms with Gasteiger partial charge in [0.15, 0.2) is 0 Å². The van der Waals surface area contributed by atoms with Crippen LogP contribution in [0.25, 0.3) is 10.9 Å². The maximum Gasteiger partial charge on any atom is 0.0935 e. The molecule has 102 valence electrons. The Morgan fingerprint density at radius 2 is 2.20 bits per heavy atom. The molecule has 20 heavy (non-hydrogen) atoms. The Morgan fingerprint density at radius 1 is 1.25 bits per heavy atom. The third kappa shape index (κ3) is 2.73. The summed E-state index contributed by atoms with van der Waals surface area (Å²) < 4.78 is 5.16. The Kier molecular flexibility index (Phi) is 3.79. The molecule has 0 saturated carbocycles. The second-order valence-corrected chi connectivity index (χ2v) is 4.90. The van der Waals surface area contributed by atoms with Crippen LogP contribution >= 0.6 is 0 Å². The summed E-state index contributed by atoms with van der Waals surface area (Å²) in [6, 6.07) is 12.9. The summed E-state index contributed by atoms with van der Waals surface area (Å²) in [5.74, 6) is 0. The summed E-state index contributed by atoms with van der Waals surface area (Å²) in [7, 11) is 0. The van der Waals surface area contributed by atoms with Crippen LogP contribution in [0.15, 0.2) is 59.5 Å². The lowest BCUT2D eigenvalue weighted by atomic mass is 9.99. The molecule has 0 radical (unpaired) electrons. The molecule has 1 aromatic carbocycles. The summed E-state index contributed by atoms with van der Waals surface area (Å²) in [4.78, 5) is 4.37. The number of hydrogen-bond donors (Lipinski definition) is 1. The van der Waals surface area contributed by atoms with Crippen LogP contribution in [0.4, 0.5) is 0 Å². The van der Waals surface area contributed by atoms with Gasteiger partial charge < -0.3 is 9.73 Å². The molecule has 0 fully saturated rings. The minimum atomic E-state index is 0.294. The number of nitrogens with one attached hydrogen (secondary N) is 1. The van der Waals surface area contributed by atoms with Crippen molar-refractivity contribution in [3.8, 4) is 0 Å². The quantitative estimate of drug-likeness (QED) is 0.764. The van der Waals surface area contributed by atoms with Crippen LogP contribution in [0.3, 0.4) is 0 Å². The molecule has 0 bridgehead atoms. The molecular formula is C17H18N2O. The Balaban J connectivity index is 1.91. The standard InChI is InChI=1S/C17H18N2O/c1-2-18-17(10-13-7-9-20-12-13)15-5-6-16-14(11-15)4-3-8-19-16/h3-9,11-12,17-18H,2,10H2,1H3. The lowest BCUT2D eigenvalue weighted by Crippen LogP contribution is -2.22. The summed E-state index contributed by atoms with van der Waals surface area (Å²) in [6.07, 6.45) is 6.29. The van der Waals surface area contributed by atoms with Gasteiger partial charge in [-0.3, -0.25) is 4.98 Å². The molecule has 3 heteroatoms. The maximum absolute atomic E-state index is 5.16. The van der Waals surface area contributed by atoms with Crippen molar-refractivity contribution in [2.24, 2.45) is 0 Å². The molecule has 0 amide bonds. The van der Waals surface area contributed by atoms with Gasteiger partial charge in [0.25, 0.3) is 0 Å². The molecular weight excluding hydrogens is 248 g/mol. The first-order valence-electron chi connectivity index (χ1n) is 6.96. The zero-order valence-corrected chi connectivity index (χ0v) is 11.5. The van der Waals surface area contributed by atoms with Crippen molar-refractivity contribution in [3.63, 3.8) is 0 Å². The normalized spacial score (nSPS) is 12.7. The Labute approximate surface area is 118 Å². The van der Waals surface area contributed by atoms with E-state index in [1.54, 1.807) is 6.26 Å². The fourth-order valence-electron chi connectivity index (χ4n) is 2.51. The van der Waals surface area contributed by atoms with Crippen LogP contribution in [0, 0.1) is 0 Å². The predicted octanol–water partition coefficient (Wildman–Crippen LogP) is 3.72. The molecule has 2 heterocycles. The highest BCUT2D eigenvalue weighted by Gasteiger charge is 2.12. The number of benzene rings is 1. The molecule has 1 atom stereocenters. The molecule has 3 nitrogen and oxygen atoms in total. The van der Waals surface area contributed by atoms with E-state index < -0.39 is 0 Å². The van der Waals surface area contributed by atoms with E-state index in [0.29, 0.717) is 6.04 Å². The van der Waals surface area contributed by atoms with Gasteiger partial charge in [-0.2, -0.15) is 0 Å². The first-order valence-corrected chi connectivity index (χ1v) is 6.96. The van der Waals surface area contributed by atoms with Crippen molar-refractivity contribution in [3.05, 3.63) is 66.2 Å². The number of hydrogen-bond acceptors (Lipinski definition) is 3. The smallest absolute Gasteiger partial charge is 0.0935 e. The van der Waals surface area contributed by atoms with Crippen LogP contribution in [-0.2, 0) is 6.42 Å². The zero-order chi connectivity index (χ0) is 13.8. The van der Waals surface area contributed by atoms with Crippen molar-refractivity contribution in [1.82, 2.24) is 10.3 Å². The average molecular weight is 266 g/mol. The molecule has 0 spiro atoms. The number of furan rings is 1. The van der Waals surface area contributed by atoms with Gasteiger partial charge in [-0.25, -0.2) is 0 Å². The highest BCUT2D eigenvalue weighted by atomic mass is 16.3. The van der Waals surface area contributed by atoms with E-state index >= 15 is 0 Å². The first kappa shape index (κ1) is 12.9. The van der Waals surface area contributed by atoms with Crippen LogP contribution in [0.1, 0.15) is 24.1 Å². The third-order valence-electron chi connectivity index (χ3n) is 3.50. The Bertz CT molecular complexity index is 676. The average Bonchev–Trinajstić information content (AvgIpc) is 2.99. The summed E-state index contributed by atoms with van der Waals surface area (Å²) in [6.45, 7) is 3.07. The number of pyridine rings is 1. The SMILES string of the molecule is CCNC(Cc1ccoc1)c1ccc2ncccc2c1. The fraction of sp³-hybridized carbons (Fsp3) is 0.235. The first-order chi connectivity index (χ1) is 9.86. The van der Waals surface area contributed by atoms with E-state index in [-0.39, 0.29) is 0 Å². The Hall–Kier alpha value is -2.13. The van der Waals surface area contributed by atoms with Crippen LogP contribution < -0.4 is 5.32 Å². The number of aromatic nitrogens is 1. The summed E-state index contributed by atoms with van der Waals surface area (Å²) >= 11 is 0. The number of nitrogens with zero attached hydrogens (tertiary/aromatic N) is 1. The number of likely N-dealkylation sites (N-methyl/N-ethyl adjacent to an activating group) is 1. The fourth-order valence-corrected chi connectivity index (χ4v) is 2.51. The highest BCUT2D eigenvalue weighted by Crippen LogP contribution is 2.22. The van der Waals surface area contributed by atoms with Gasteiger partial charge in [0.05, 0.1) is 18.0 Å². The molecule has 1 N–H and O–H groups in total. The largest absolute Gasteiger partial charge is 0.472 e. The van der Waals surface area contributed by atoms with Crippen molar-refractivity contribution in [1.29, 1.82) is 0 Å². The molecule has 1 unspecified atom stereocenters. The molecule has 3 rings (SSSR count). The van der Waals surface area contributed by atoms with Crippen molar-refractivity contribution in [2.75, 3.05) is 6.54 Å². The third-order valence-corrected chi connectivity index (χ3v) is 3.50. The van der Waals surface area contributed by atoms with Gasteiger partial charge in [0.1, 0.15) is 0 Å². The van der Waals surface area contributed by atoms with E-state index in [0.717, 1.165) is 18.5 Å². The van der Waals surface area contributed by atoms with E-state index in [2.05, 4.69) is 41.5 Å². The van der Waals surface area contributed by atoms with E-state index in [9.17, 15) is 0 Å². The van der Waals surface area contributed by atoms with Gasteiger partial charge >= 0.3 is 0 Å². The Morgan fingerprint density at radius 3 is 3.00 bits per heavy atom. The minimum absolute atomic E-state index is 0.294. The molecule has 0 aliphatic heterocycles. The van der Waals surface area contributed by atoms with Crippen molar-refractivity contribution < 1.29 is 4.42 Å². The van der Waals surface area contributed by atoms with Crippen LogP contribution in [0.2, 0.25) is 0 Å². The summed E-state index contributed by atoms with van der Waals surface area (Å²) in [5, 5.41) is 4.72. The van der Waals surface area contributed by atoms with Gasteiger partial charge in [-0.15, -0.1) is 0 Å². The topological polar surface area (TPSA) is 38.1 Å². The second-order valence-electron chi connectivity index (χ2n) is 4.90. The maximum atomic E-state index is 5.16. The molecule has 0 aliphatic rings. The molecule has 0 aliphatic carbocycles. The van der Waals surface area contributed by atoms with Crippen LogP contribution in [-0.4, -0.2) is 11.5 Å². The zero-order valence-electron chi connectivity index (χ0n) is 11.5. The van der Waals surface area contributed by atoms with Crippen LogP contribution in [0.5, 0.6) is 0 Å². The summed E-state index contributed by atoms with van der Waals surface area (Å²) in [5.41, 5.74) is 3.53. The van der Waals surface area contributed by atoms with Crippen molar-refractivity contribution >= 4 is 10.9 Å². The number of fused-ring (bicyclic) bond motifs is 1. The monoisotopic (exact) mass is 266 g/mol. The molecule has 2 aromatic heterocycles. The lowest BCUT2D eigenvalue weighted by molar-refractivity contribution is 0.535. The molecule has 3 aromatic rings. The van der Waals surface area contributed by atoms with Gasteiger partial charge in [0.2, 0.25) is 0 Å².